The number of nitrogens with one attached hydrogen (secondary N) is 1. The number of nitrogens with two attached hydrogens (primary N) is 1. The summed E-state index contributed by atoms with van der Waals surface area (Å²) in [4.78, 5) is 15.6. The highest BCUT2D eigenvalue weighted by atomic mass is 31.1. The maximum absolute atomic E-state index is 14.5. The molecule has 0 aromatic heterocycles. The van der Waals surface area contributed by atoms with E-state index in [2.05, 4.69) is 55.4 Å². The normalized spacial score (nSPS) is 21.2. The maximum Gasteiger partial charge on any atom is 0.251 e. The lowest BCUT2D eigenvalue weighted by Crippen LogP contribution is -2.72. The van der Waals surface area contributed by atoms with Crippen LogP contribution < -0.4 is 11.1 Å². The van der Waals surface area contributed by atoms with Crippen LogP contribution in [0.5, 0.6) is 0 Å². The molecule has 2 aliphatic rings. The molecule has 1 aliphatic heterocycles. The van der Waals surface area contributed by atoms with Crippen molar-refractivity contribution in [2.75, 3.05) is 19.8 Å². The zero-order chi connectivity index (χ0) is 31.0. The molecule has 1 heterocycles. The van der Waals surface area contributed by atoms with Crippen LogP contribution in [0.2, 0.25) is 0 Å². The van der Waals surface area contributed by atoms with Crippen LogP contribution in [0.4, 0.5) is 4.39 Å². The number of benzene rings is 2. The number of carbonyl (C=O) groups is 1. The van der Waals surface area contributed by atoms with Crippen molar-refractivity contribution >= 4 is 19.8 Å². The van der Waals surface area contributed by atoms with Crippen LogP contribution in [0.3, 0.4) is 0 Å². The van der Waals surface area contributed by atoms with Gasteiger partial charge in [0.05, 0.1) is 5.54 Å². The molecule has 1 saturated carbocycles. The number of nitrogens with zero attached hydrogens (tertiary/aromatic N) is 1. The number of likely N-dealkylation sites (tertiary alicyclic amines) is 1. The number of aryl methyl sites for hydroxylation is 2. The van der Waals surface area contributed by atoms with Crippen molar-refractivity contribution in [2.45, 2.75) is 84.3 Å². The fourth-order valence-corrected chi connectivity index (χ4v) is 6.84. The number of rotatable bonds is 9. The molecule has 4 rings (SSSR count). The van der Waals surface area contributed by atoms with Crippen LogP contribution in [-0.4, -0.2) is 42.1 Å². The average molecular weight is 592 g/mol. The van der Waals surface area contributed by atoms with Crippen LogP contribution in [0.1, 0.15) is 81.2 Å². The first-order valence-corrected chi connectivity index (χ1v) is 16.7. The molecule has 6 heteroatoms. The van der Waals surface area contributed by atoms with Crippen LogP contribution in [-0.2, 0) is 4.79 Å². The van der Waals surface area contributed by atoms with E-state index in [1.54, 1.807) is 12.1 Å². The van der Waals surface area contributed by atoms with E-state index in [-0.39, 0.29) is 23.3 Å². The molecule has 1 aliphatic carbocycles. The van der Waals surface area contributed by atoms with Gasteiger partial charge in [-0.25, -0.2) is 4.39 Å². The Labute approximate surface area is 255 Å². The lowest BCUT2D eigenvalue weighted by atomic mass is 9.78. The first kappa shape index (κ1) is 33.9. The number of halogens is 1. The van der Waals surface area contributed by atoms with Crippen molar-refractivity contribution in [1.29, 1.82) is 0 Å². The number of carbonyl (C=O) groups excluding carboxylic acids is 1. The summed E-state index contributed by atoms with van der Waals surface area (Å²) >= 11 is 0. The molecule has 3 N–H and O–H groups in total. The van der Waals surface area contributed by atoms with Crippen molar-refractivity contribution in [3.63, 3.8) is 0 Å². The highest BCUT2D eigenvalue weighted by molar-refractivity contribution is 7.49. The van der Waals surface area contributed by atoms with Crippen LogP contribution in [0, 0.1) is 25.6 Å². The molecule has 4 nitrogen and oxygen atoms in total. The molecule has 2 aromatic carbocycles. The van der Waals surface area contributed by atoms with Crippen molar-refractivity contribution in [3.8, 4) is 0 Å². The lowest BCUT2D eigenvalue weighted by Gasteiger charge is -2.55. The molecule has 2 unspecified atom stereocenters. The Morgan fingerprint density at radius 3 is 2.31 bits per heavy atom. The average Bonchev–Trinajstić information content (AvgIpc) is 2.90. The zero-order valence-corrected chi connectivity index (χ0v) is 27.5. The van der Waals surface area contributed by atoms with Gasteiger partial charge >= 0.3 is 0 Å². The van der Waals surface area contributed by atoms with Crippen molar-refractivity contribution in [3.05, 3.63) is 101 Å². The molecule has 2 fully saturated rings. The van der Waals surface area contributed by atoms with E-state index in [9.17, 15) is 9.18 Å². The van der Waals surface area contributed by atoms with Crippen LogP contribution in [0.15, 0.2) is 72.8 Å². The Balaban J connectivity index is 0.000000408. The minimum Gasteiger partial charge on any atom is -0.344 e. The van der Waals surface area contributed by atoms with E-state index >= 15 is 0 Å². The first-order valence-electron chi connectivity index (χ1n) is 15.2. The van der Waals surface area contributed by atoms with Gasteiger partial charge in [0.2, 0.25) is 0 Å². The molecule has 1 saturated heterocycles. The number of hydrogen-bond donors (Lipinski definition) is 2. The van der Waals surface area contributed by atoms with Crippen molar-refractivity contribution in [2.24, 2.45) is 11.7 Å². The molecule has 42 heavy (non-hydrogen) atoms. The van der Waals surface area contributed by atoms with Gasteiger partial charge in [-0.05, 0) is 101 Å². The van der Waals surface area contributed by atoms with Gasteiger partial charge in [0.25, 0.3) is 5.91 Å². The third-order valence-electron chi connectivity index (χ3n) is 8.39. The summed E-state index contributed by atoms with van der Waals surface area (Å²) < 4.78 is 14.5. The van der Waals surface area contributed by atoms with Gasteiger partial charge in [0.15, 0.2) is 0 Å². The molecule has 2 aromatic rings. The third kappa shape index (κ3) is 9.46. The van der Waals surface area contributed by atoms with Gasteiger partial charge in [-0.2, -0.15) is 0 Å². The maximum atomic E-state index is 14.5. The van der Waals surface area contributed by atoms with Gasteiger partial charge in [0.1, 0.15) is 5.82 Å². The summed E-state index contributed by atoms with van der Waals surface area (Å²) in [6, 6.07) is 14.3. The second-order valence-corrected chi connectivity index (χ2v) is 13.7. The summed E-state index contributed by atoms with van der Waals surface area (Å²) in [6.45, 7) is 22.1. The lowest BCUT2D eigenvalue weighted by molar-refractivity contribution is -0.122. The van der Waals surface area contributed by atoms with Crippen molar-refractivity contribution < 1.29 is 9.18 Å². The topological polar surface area (TPSA) is 58.4 Å². The molecular formula is C36H51FN3OP. The van der Waals surface area contributed by atoms with Gasteiger partial charge in [-0.1, -0.05) is 69.6 Å². The van der Waals surface area contributed by atoms with E-state index in [1.807, 2.05) is 39.6 Å². The molecule has 0 bridgehead atoms. The van der Waals surface area contributed by atoms with E-state index in [4.69, 9.17) is 5.73 Å². The summed E-state index contributed by atoms with van der Waals surface area (Å²) in [7, 11) is 0.358. The highest BCUT2D eigenvalue weighted by Gasteiger charge is 2.46. The Bertz CT molecular complexity index is 1290. The molecule has 0 radical (unpaired) electrons. The molecule has 2 atom stereocenters. The minimum atomic E-state index is -0.285. The number of amides is 1. The predicted octanol–water partition coefficient (Wildman–Crippen LogP) is 8.07. The zero-order valence-electron chi connectivity index (χ0n) is 26.5. The fourth-order valence-electron chi connectivity index (χ4n) is 6.05. The van der Waals surface area contributed by atoms with E-state index in [0.29, 0.717) is 25.8 Å². The fraction of sp³-hybridized carbons (Fsp3) is 0.472. The second kappa shape index (κ2) is 15.2. The SMILES string of the molecule is C=C(C)CC1(NC(=O)C(=C)/C=C(\PC)c2ccc(C)cc2F)CN(C2CCC(C)CC2)C1.Cc1cccc(C(C)N)c1. The summed E-state index contributed by atoms with van der Waals surface area (Å²) in [6.07, 6.45) is 7.59. The monoisotopic (exact) mass is 591 g/mol. The Hall–Kier alpha value is -2.59. The Morgan fingerprint density at radius 2 is 1.79 bits per heavy atom. The number of hydrogen-bond acceptors (Lipinski definition) is 3. The van der Waals surface area contributed by atoms with Gasteiger partial charge in [0, 0.05) is 36.3 Å². The van der Waals surface area contributed by atoms with E-state index in [0.717, 1.165) is 41.9 Å². The third-order valence-corrected chi connectivity index (χ3v) is 9.35. The van der Waals surface area contributed by atoms with Gasteiger partial charge in [-0.3, -0.25) is 9.69 Å². The van der Waals surface area contributed by atoms with Gasteiger partial charge in [-0.15, -0.1) is 6.58 Å². The van der Waals surface area contributed by atoms with Crippen LogP contribution >= 0.6 is 8.58 Å². The molecular weight excluding hydrogens is 540 g/mol. The predicted molar refractivity (Wildman–Crippen MR) is 180 cm³/mol. The molecule has 1 amide bonds. The largest absolute Gasteiger partial charge is 0.344 e. The minimum absolute atomic E-state index is 0.153. The first-order chi connectivity index (χ1) is 19.8. The second-order valence-electron chi connectivity index (χ2n) is 12.7. The standard InChI is InChI=1S/C27H38FN2OP.C9H13N/c1-18(2)15-27(16-30(17-27)22-10-7-19(3)8-11-22)29-26(31)21(5)14-25(32-6)23-12-9-20(4)13-24(23)28;1-7-4-3-5-9(6-7)8(2)10/h9,12-14,19,22,32H,1,5,7-8,10-11,15-17H2,2-4,6H3,(H,29,31);3-6,8H,10H2,1-2H3/b25-14-;. The van der Waals surface area contributed by atoms with Crippen LogP contribution in [0.25, 0.3) is 5.31 Å². The Kier molecular flexibility index (Phi) is 12.3. The Morgan fingerprint density at radius 1 is 1.14 bits per heavy atom. The summed E-state index contributed by atoms with van der Waals surface area (Å²) in [5.41, 5.74) is 10.7. The van der Waals surface area contributed by atoms with E-state index < -0.39 is 0 Å². The molecule has 0 spiro atoms. The smallest absolute Gasteiger partial charge is 0.251 e. The highest BCUT2D eigenvalue weighted by Crippen LogP contribution is 2.36. The summed E-state index contributed by atoms with van der Waals surface area (Å²) in [5.74, 6) is 0.398. The quantitative estimate of drug-likeness (QED) is 0.134. The molecule has 228 valence electrons. The van der Waals surface area contributed by atoms with Gasteiger partial charge < -0.3 is 11.1 Å². The van der Waals surface area contributed by atoms with E-state index in [1.165, 1.54) is 42.9 Å². The summed E-state index contributed by atoms with van der Waals surface area (Å²) in [5, 5.41) is 4.08. The van der Waals surface area contributed by atoms with Crippen molar-refractivity contribution in [1.82, 2.24) is 10.2 Å².